The normalized spacial score (nSPS) is 15.1. The van der Waals surface area contributed by atoms with Crippen molar-refractivity contribution in [3.8, 4) is 0 Å². The van der Waals surface area contributed by atoms with Gasteiger partial charge in [-0.2, -0.15) is 39.5 Å². The Bertz CT molecular complexity index is 613. The Morgan fingerprint density at radius 3 is 1.81 bits per heavy atom. The maximum absolute atomic E-state index is 13.9. The van der Waals surface area contributed by atoms with Gasteiger partial charge in [0.1, 0.15) is 0 Å². The largest absolute Gasteiger partial charge is 0.460 e. The van der Waals surface area contributed by atoms with Crippen LogP contribution in [-0.4, -0.2) is 45.1 Å². The zero-order valence-electron chi connectivity index (χ0n) is 13.9. The van der Waals surface area contributed by atoms with Gasteiger partial charge in [0.2, 0.25) is 0 Å². The van der Waals surface area contributed by atoms with E-state index in [-0.39, 0.29) is 11.3 Å². The maximum Gasteiger partial charge on any atom is 0.460 e. The predicted molar refractivity (Wildman–Crippen MR) is 76.0 cm³/mol. The molecule has 0 saturated heterocycles. The summed E-state index contributed by atoms with van der Waals surface area (Å²) in [7, 11) is 3.85. The van der Waals surface area contributed by atoms with Gasteiger partial charge in [-0.3, -0.25) is 0 Å². The maximum atomic E-state index is 13.9. The van der Waals surface area contributed by atoms with Crippen molar-refractivity contribution in [1.82, 2.24) is 0 Å². The number of para-hydroxylation sites is 1. The quantitative estimate of drug-likeness (QED) is 0.579. The number of hydrogen-bond acceptors (Lipinski definition) is 2. The lowest BCUT2D eigenvalue weighted by Crippen LogP contribution is -2.61. The Morgan fingerprint density at radius 1 is 0.885 bits per heavy atom. The summed E-state index contributed by atoms with van der Waals surface area (Å²) in [5.41, 5.74) is 0.187. The number of benzene rings is 1. The minimum absolute atomic E-state index is 0.0641. The van der Waals surface area contributed by atoms with E-state index in [1.165, 1.54) is 43.3 Å². The van der Waals surface area contributed by atoms with Gasteiger partial charge in [0, 0.05) is 38.9 Å². The van der Waals surface area contributed by atoms with Gasteiger partial charge in [-0.25, -0.2) is 0 Å². The molecule has 2 nitrogen and oxygen atoms in total. The number of nitrogens with zero attached hydrogens (tertiary/aromatic N) is 1. The molecule has 0 spiro atoms. The molecule has 26 heavy (non-hydrogen) atoms. The van der Waals surface area contributed by atoms with Crippen molar-refractivity contribution >= 4 is 5.69 Å². The van der Waals surface area contributed by atoms with E-state index in [0.717, 1.165) is 7.11 Å². The number of halogens is 9. The van der Waals surface area contributed by atoms with E-state index in [9.17, 15) is 39.5 Å². The third-order valence-electron chi connectivity index (χ3n) is 3.70. The number of hydrogen-bond donors (Lipinski definition) is 0. The van der Waals surface area contributed by atoms with Crippen LogP contribution in [0.5, 0.6) is 0 Å². The van der Waals surface area contributed by atoms with E-state index in [1.807, 2.05) is 0 Å². The molecule has 0 amide bonds. The molecule has 11 heteroatoms. The number of ether oxygens (including phenoxy) is 1. The van der Waals surface area contributed by atoms with Crippen LogP contribution in [0, 0.1) is 0 Å². The van der Waals surface area contributed by atoms with Gasteiger partial charge >= 0.3 is 23.9 Å². The topological polar surface area (TPSA) is 12.5 Å². The highest BCUT2D eigenvalue weighted by Crippen LogP contribution is 2.55. The Labute approximate surface area is 143 Å². The average molecular weight is 397 g/mol. The van der Waals surface area contributed by atoms with Gasteiger partial charge in [-0.05, 0) is 6.07 Å². The van der Waals surface area contributed by atoms with E-state index in [2.05, 4.69) is 0 Å². The number of rotatable bonds is 7. The van der Waals surface area contributed by atoms with Crippen molar-refractivity contribution in [1.29, 1.82) is 0 Å². The number of methoxy groups -OCH3 is 1. The number of anilines is 1. The van der Waals surface area contributed by atoms with E-state index < -0.39 is 36.5 Å². The van der Waals surface area contributed by atoms with Crippen molar-refractivity contribution < 1.29 is 44.3 Å². The van der Waals surface area contributed by atoms with E-state index in [1.54, 1.807) is 0 Å². The van der Waals surface area contributed by atoms with E-state index >= 15 is 0 Å². The predicted octanol–water partition coefficient (Wildman–Crippen LogP) is 5.30. The molecule has 0 bridgehead atoms. The van der Waals surface area contributed by atoms with Crippen LogP contribution in [0.25, 0.3) is 0 Å². The fourth-order valence-corrected chi connectivity index (χ4v) is 2.26. The zero-order chi connectivity index (χ0) is 20.6. The molecule has 0 N–H and O–H groups in total. The number of alkyl halides is 9. The first kappa shape index (κ1) is 22.4. The summed E-state index contributed by atoms with van der Waals surface area (Å²) in [6, 6.07) is 5.49. The SMILES string of the molecule is COC(CC(F)(F)C(F)(F)C(F)(F)C(F)(F)F)c1ccccc1N(C)C. The van der Waals surface area contributed by atoms with Crippen LogP contribution in [0.1, 0.15) is 18.1 Å². The van der Waals surface area contributed by atoms with Crippen molar-refractivity contribution in [2.75, 3.05) is 26.1 Å². The summed E-state index contributed by atoms with van der Waals surface area (Å²) in [6.07, 6.45) is -10.8. The zero-order valence-corrected chi connectivity index (χ0v) is 13.9. The second-order valence-corrected chi connectivity index (χ2v) is 5.73. The molecule has 0 saturated carbocycles. The Hall–Kier alpha value is -1.65. The van der Waals surface area contributed by atoms with Crippen LogP contribution in [0.3, 0.4) is 0 Å². The molecule has 150 valence electrons. The third kappa shape index (κ3) is 3.86. The van der Waals surface area contributed by atoms with E-state index in [4.69, 9.17) is 4.74 Å². The Kier molecular flexibility index (Phi) is 6.17. The Balaban J connectivity index is 3.29. The molecule has 0 aliphatic heterocycles. The standard InChI is InChI=1S/C15H16F9NO/c1-25(2)10-7-5-4-6-9(10)11(26-3)8-12(16,17)13(18,19)14(20,21)15(22,23)24/h4-7,11H,8H2,1-3H3. The highest BCUT2D eigenvalue weighted by Gasteiger charge is 2.81. The van der Waals surface area contributed by atoms with Crippen LogP contribution < -0.4 is 4.90 Å². The van der Waals surface area contributed by atoms with E-state index in [0.29, 0.717) is 0 Å². The third-order valence-corrected chi connectivity index (χ3v) is 3.70. The van der Waals surface area contributed by atoms with Crippen molar-refractivity contribution in [2.45, 2.75) is 36.5 Å². The first-order chi connectivity index (χ1) is 11.6. The summed E-state index contributed by atoms with van der Waals surface area (Å²) in [5, 5.41) is 0. The molecule has 0 aliphatic rings. The molecule has 1 atom stereocenters. The monoisotopic (exact) mass is 397 g/mol. The molecular weight excluding hydrogens is 381 g/mol. The minimum Gasteiger partial charge on any atom is -0.377 e. The molecule has 0 heterocycles. The first-order valence-corrected chi connectivity index (χ1v) is 7.09. The summed E-state index contributed by atoms with van der Waals surface area (Å²) in [4.78, 5) is 1.42. The molecule has 0 aliphatic carbocycles. The summed E-state index contributed by atoms with van der Waals surface area (Å²) in [6.45, 7) is 0. The second kappa shape index (κ2) is 7.16. The van der Waals surface area contributed by atoms with Gasteiger partial charge in [-0.15, -0.1) is 0 Å². The van der Waals surface area contributed by atoms with Gasteiger partial charge in [0.05, 0.1) is 6.10 Å². The molecule has 0 aromatic heterocycles. The lowest BCUT2D eigenvalue weighted by Gasteiger charge is -2.35. The minimum atomic E-state index is -6.91. The summed E-state index contributed by atoms with van der Waals surface area (Å²) < 4.78 is 122. The Morgan fingerprint density at radius 2 is 1.38 bits per heavy atom. The summed E-state index contributed by atoms with van der Waals surface area (Å²) >= 11 is 0. The van der Waals surface area contributed by atoms with Crippen LogP contribution in [-0.2, 0) is 4.74 Å². The van der Waals surface area contributed by atoms with Gasteiger partial charge in [-0.1, -0.05) is 18.2 Å². The van der Waals surface area contributed by atoms with Crippen LogP contribution >= 0.6 is 0 Å². The molecule has 1 rings (SSSR count). The highest BCUT2D eigenvalue weighted by atomic mass is 19.4. The second-order valence-electron chi connectivity index (χ2n) is 5.73. The molecule has 1 aromatic carbocycles. The molecule has 0 fully saturated rings. The highest BCUT2D eigenvalue weighted by molar-refractivity contribution is 5.53. The lowest BCUT2D eigenvalue weighted by molar-refractivity contribution is -0.398. The molecule has 0 radical (unpaired) electrons. The first-order valence-electron chi connectivity index (χ1n) is 7.09. The fourth-order valence-electron chi connectivity index (χ4n) is 2.26. The lowest BCUT2D eigenvalue weighted by atomic mass is 9.94. The van der Waals surface area contributed by atoms with Crippen molar-refractivity contribution in [3.05, 3.63) is 29.8 Å². The van der Waals surface area contributed by atoms with Gasteiger partial charge < -0.3 is 9.64 Å². The van der Waals surface area contributed by atoms with Crippen molar-refractivity contribution in [3.63, 3.8) is 0 Å². The van der Waals surface area contributed by atoms with Gasteiger partial charge in [0.15, 0.2) is 0 Å². The van der Waals surface area contributed by atoms with Gasteiger partial charge in [0.25, 0.3) is 0 Å². The molecule has 1 unspecified atom stereocenters. The molecule has 1 aromatic rings. The van der Waals surface area contributed by atoms with Crippen LogP contribution in [0.4, 0.5) is 45.2 Å². The van der Waals surface area contributed by atoms with Crippen LogP contribution in [0.2, 0.25) is 0 Å². The smallest absolute Gasteiger partial charge is 0.377 e. The van der Waals surface area contributed by atoms with Crippen LogP contribution in [0.15, 0.2) is 24.3 Å². The average Bonchev–Trinajstić information content (AvgIpc) is 2.51. The molecular formula is C15H16F9NO. The fraction of sp³-hybridized carbons (Fsp3) is 0.600. The van der Waals surface area contributed by atoms with Crippen molar-refractivity contribution in [2.24, 2.45) is 0 Å². The summed E-state index contributed by atoms with van der Waals surface area (Å²) in [5.74, 6) is -19.3.